The number of para-hydroxylation sites is 1. The Morgan fingerprint density at radius 2 is 0.859 bits per heavy atom. The summed E-state index contributed by atoms with van der Waals surface area (Å²) in [6.45, 7) is 4.74. The molecule has 0 aliphatic heterocycles. The summed E-state index contributed by atoms with van der Waals surface area (Å²) in [7, 11) is 0. The van der Waals surface area contributed by atoms with Crippen LogP contribution in [0.3, 0.4) is 0 Å². The van der Waals surface area contributed by atoms with E-state index in [4.69, 9.17) is 4.42 Å². The second-order valence-electron chi connectivity index (χ2n) is 18.3. The van der Waals surface area contributed by atoms with Gasteiger partial charge in [0.05, 0.1) is 16.5 Å². The van der Waals surface area contributed by atoms with Gasteiger partial charge in [-0.25, -0.2) is 0 Å². The predicted molar refractivity (Wildman–Crippen MR) is 265 cm³/mol. The van der Waals surface area contributed by atoms with Crippen LogP contribution >= 0.6 is 0 Å². The first-order chi connectivity index (χ1) is 31.5. The van der Waals surface area contributed by atoms with Crippen LogP contribution in [0.1, 0.15) is 47.2 Å². The third kappa shape index (κ3) is 4.59. The summed E-state index contributed by atoms with van der Waals surface area (Å²) in [5, 5.41) is 4.71. The normalized spacial score (nSPS) is 15.8. The van der Waals surface area contributed by atoms with E-state index in [9.17, 15) is 0 Å². The van der Waals surface area contributed by atoms with Crippen molar-refractivity contribution in [2.75, 3.05) is 4.90 Å². The Bertz CT molecular complexity index is 3790. The molecule has 64 heavy (non-hydrogen) atoms. The summed E-state index contributed by atoms with van der Waals surface area (Å²) in [6, 6.07) is 79.4. The van der Waals surface area contributed by atoms with Crippen molar-refractivity contribution in [3.63, 3.8) is 0 Å². The van der Waals surface area contributed by atoms with Gasteiger partial charge >= 0.3 is 0 Å². The highest BCUT2D eigenvalue weighted by Crippen LogP contribution is 2.63. The highest BCUT2D eigenvalue weighted by atomic mass is 16.3. The van der Waals surface area contributed by atoms with E-state index < -0.39 is 5.41 Å². The number of anilines is 3. The molecule has 0 N–H and O–H groups in total. The molecule has 0 saturated carbocycles. The van der Waals surface area contributed by atoms with Crippen LogP contribution in [-0.4, -0.2) is 0 Å². The van der Waals surface area contributed by atoms with Crippen LogP contribution in [0.5, 0.6) is 0 Å². The summed E-state index contributed by atoms with van der Waals surface area (Å²) < 4.78 is 6.59. The fourth-order valence-electron chi connectivity index (χ4n) is 12.1. The Hall–Kier alpha value is -7.94. The van der Waals surface area contributed by atoms with Crippen molar-refractivity contribution < 1.29 is 4.42 Å². The number of rotatable bonds is 3. The quantitative estimate of drug-likeness (QED) is 0.177. The SMILES string of the molecule is CC1(C)c2ccccc2-c2ccc(N(c3ccc4c(c3)-c3ccccc3-c3ccccc3C43c4ccccc4-c4cc5ccccc5cc43)c3cccc4oc5ccccc5c34)cc21. The molecule has 3 aliphatic rings. The van der Waals surface area contributed by atoms with Crippen molar-refractivity contribution >= 4 is 49.8 Å². The lowest BCUT2D eigenvalue weighted by Crippen LogP contribution is -2.29. The summed E-state index contributed by atoms with van der Waals surface area (Å²) in [5.41, 5.74) is 22.4. The van der Waals surface area contributed by atoms with Gasteiger partial charge in [-0.2, -0.15) is 0 Å². The molecule has 11 aromatic rings. The van der Waals surface area contributed by atoms with Crippen molar-refractivity contribution in [1.82, 2.24) is 0 Å². The molecule has 1 spiro atoms. The van der Waals surface area contributed by atoms with E-state index in [1.807, 2.05) is 0 Å². The van der Waals surface area contributed by atoms with Gasteiger partial charge in [0.2, 0.25) is 0 Å². The minimum Gasteiger partial charge on any atom is -0.456 e. The van der Waals surface area contributed by atoms with Gasteiger partial charge in [0.25, 0.3) is 0 Å². The summed E-state index contributed by atoms with van der Waals surface area (Å²) in [4.78, 5) is 2.49. The number of hydrogen-bond donors (Lipinski definition) is 0. The topological polar surface area (TPSA) is 16.4 Å². The van der Waals surface area contributed by atoms with Crippen molar-refractivity contribution in [2.24, 2.45) is 0 Å². The Morgan fingerprint density at radius 3 is 1.62 bits per heavy atom. The molecule has 0 amide bonds. The lowest BCUT2D eigenvalue weighted by molar-refractivity contribution is 0.660. The average Bonchev–Trinajstić information content (AvgIpc) is 3.92. The van der Waals surface area contributed by atoms with Crippen molar-refractivity contribution in [3.05, 3.63) is 246 Å². The first-order valence-electron chi connectivity index (χ1n) is 22.4. The monoisotopic (exact) mass is 815 g/mol. The molecule has 10 aromatic carbocycles. The third-order valence-electron chi connectivity index (χ3n) is 14.9. The smallest absolute Gasteiger partial charge is 0.137 e. The molecule has 14 rings (SSSR count). The molecule has 0 saturated heterocycles. The van der Waals surface area contributed by atoms with Crippen LogP contribution in [0.15, 0.2) is 217 Å². The van der Waals surface area contributed by atoms with Crippen LogP contribution in [0.4, 0.5) is 17.1 Å². The molecule has 0 radical (unpaired) electrons. The second kappa shape index (κ2) is 12.8. The lowest BCUT2D eigenvalue weighted by atomic mass is 9.65. The van der Waals surface area contributed by atoms with Crippen LogP contribution in [0.2, 0.25) is 0 Å². The van der Waals surface area contributed by atoms with E-state index in [-0.39, 0.29) is 5.41 Å². The molecular formula is C62H41NO. The Morgan fingerprint density at radius 1 is 0.344 bits per heavy atom. The minimum absolute atomic E-state index is 0.166. The standard InChI is InChI=1S/C62H41NO/c1-61(2)51-24-11-7-21-45(51)47-32-30-41(37-55(47)61)63(57-27-15-29-59-60(57)48-23-10-14-28-58(48)64-59)40-31-33-54-50(36-40)43-19-6-5-18-42(43)44-20-8-12-25-52(44)62(54)53-26-13-9-22-46(53)49-34-38-16-3-4-17-39(38)35-56(49)62/h3-37H,1-2H3. The summed E-state index contributed by atoms with van der Waals surface area (Å²) in [6.07, 6.45) is 0. The average molecular weight is 816 g/mol. The Labute approximate surface area is 372 Å². The van der Waals surface area contributed by atoms with Crippen LogP contribution in [0.25, 0.3) is 77.2 Å². The molecule has 1 aromatic heterocycles. The van der Waals surface area contributed by atoms with Crippen molar-refractivity contribution in [2.45, 2.75) is 24.7 Å². The van der Waals surface area contributed by atoms with E-state index in [0.29, 0.717) is 0 Å². The molecule has 2 nitrogen and oxygen atoms in total. The van der Waals surface area contributed by atoms with Crippen LogP contribution in [-0.2, 0) is 10.8 Å². The largest absolute Gasteiger partial charge is 0.456 e. The first-order valence-corrected chi connectivity index (χ1v) is 22.4. The maximum absolute atomic E-state index is 6.59. The van der Waals surface area contributed by atoms with Gasteiger partial charge in [-0.1, -0.05) is 172 Å². The fraction of sp³-hybridized carbons (Fsp3) is 0.0645. The van der Waals surface area contributed by atoms with Crippen LogP contribution < -0.4 is 4.90 Å². The lowest BCUT2D eigenvalue weighted by Gasteiger charge is -2.36. The van der Waals surface area contributed by atoms with Gasteiger partial charge in [-0.3, -0.25) is 0 Å². The first kappa shape index (κ1) is 35.6. The molecule has 0 fully saturated rings. The van der Waals surface area contributed by atoms with E-state index >= 15 is 0 Å². The maximum atomic E-state index is 6.59. The number of hydrogen-bond acceptors (Lipinski definition) is 2. The van der Waals surface area contributed by atoms with Gasteiger partial charge in [0.15, 0.2) is 0 Å². The number of furan rings is 1. The summed E-state index contributed by atoms with van der Waals surface area (Å²) in [5.74, 6) is 0. The zero-order valence-corrected chi connectivity index (χ0v) is 35.6. The van der Waals surface area contributed by atoms with Crippen molar-refractivity contribution in [1.29, 1.82) is 0 Å². The molecule has 1 unspecified atom stereocenters. The highest BCUT2D eigenvalue weighted by Gasteiger charge is 2.50. The molecule has 2 heteroatoms. The van der Waals surface area contributed by atoms with Crippen molar-refractivity contribution in [3.8, 4) is 44.5 Å². The molecule has 1 atom stereocenters. The van der Waals surface area contributed by atoms with Gasteiger partial charge in [0.1, 0.15) is 11.2 Å². The molecule has 0 bridgehead atoms. The third-order valence-corrected chi connectivity index (χ3v) is 14.9. The zero-order chi connectivity index (χ0) is 42.3. The Balaban J connectivity index is 1.10. The summed E-state index contributed by atoms with van der Waals surface area (Å²) >= 11 is 0. The maximum Gasteiger partial charge on any atom is 0.137 e. The van der Waals surface area contributed by atoms with Gasteiger partial charge in [-0.15, -0.1) is 0 Å². The number of fused-ring (bicyclic) bond motifs is 19. The predicted octanol–water partition coefficient (Wildman–Crippen LogP) is 16.5. The molecule has 3 aliphatic carbocycles. The highest BCUT2D eigenvalue weighted by molar-refractivity contribution is 6.13. The van der Waals surface area contributed by atoms with E-state index in [0.717, 1.165) is 39.0 Å². The minimum atomic E-state index is -0.589. The fourth-order valence-corrected chi connectivity index (χ4v) is 12.1. The van der Waals surface area contributed by atoms with E-state index in [2.05, 4.69) is 231 Å². The van der Waals surface area contributed by atoms with E-state index in [1.54, 1.807) is 0 Å². The van der Waals surface area contributed by atoms with Crippen LogP contribution in [0, 0.1) is 0 Å². The van der Waals surface area contributed by atoms with E-state index in [1.165, 1.54) is 88.7 Å². The Kier molecular flexibility index (Phi) is 7.13. The van der Waals surface area contributed by atoms with Gasteiger partial charge in [0, 0.05) is 22.2 Å². The second-order valence-corrected chi connectivity index (χ2v) is 18.3. The zero-order valence-electron chi connectivity index (χ0n) is 35.6. The molecule has 1 heterocycles. The number of nitrogens with zero attached hydrogens (tertiary/aromatic N) is 1. The van der Waals surface area contributed by atoms with Gasteiger partial charge in [-0.05, 0) is 143 Å². The number of benzene rings is 10. The molecular weight excluding hydrogens is 775 g/mol. The van der Waals surface area contributed by atoms with Gasteiger partial charge < -0.3 is 9.32 Å². The molecule has 300 valence electrons.